The summed E-state index contributed by atoms with van der Waals surface area (Å²) < 4.78 is 31.4. The normalized spacial score (nSPS) is 11.9. The molecule has 0 fully saturated rings. The second kappa shape index (κ2) is 7.68. The topological polar surface area (TPSA) is 81.4 Å². The maximum absolute atomic E-state index is 13.6. The van der Waals surface area contributed by atoms with Crippen molar-refractivity contribution in [1.29, 1.82) is 0 Å². The van der Waals surface area contributed by atoms with E-state index in [1.165, 1.54) is 0 Å². The predicted molar refractivity (Wildman–Crippen MR) is 73.8 cm³/mol. The van der Waals surface area contributed by atoms with Gasteiger partial charge in [0.1, 0.15) is 11.6 Å². The van der Waals surface area contributed by atoms with Crippen LogP contribution in [0, 0.1) is 17.6 Å². The number of ether oxygens (including phenoxy) is 1. The zero-order valence-corrected chi connectivity index (χ0v) is 11.9. The van der Waals surface area contributed by atoms with Crippen LogP contribution in [0.1, 0.15) is 30.1 Å². The van der Waals surface area contributed by atoms with Gasteiger partial charge >= 0.3 is 5.97 Å². The van der Waals surface area contributed by atoms with Crippen molar-refractivity contribution in [2.75, 3.05) is 19.0 Å². The van der Waals surface area contributed by atoms with Crippen molar-refractivity contribution in [3.8, 4) is 0 Å². The smallest absolute Gasteiger partial charge is 0.340 e. The number of nitrogens with one attached hydrogen (secondary N) is 1. The third-order valence-corrected chi connectivity index (χ3v) is 3.00. The number of esters is 1. The number of anilines is 1. The van der Waals surface area contributed by atoms with E-state index in [0.717, 1.165) is 13.2 Å². The Morgan fingerprint density at radius 3 is 2.57 bits per heavy atom. The van der Waals surface area contributed by atoms with E-state index in [4.69, 9.17) is 5.73 Å². The predicted octanol–water partition coefficient (Wildman–Crippen LogP) is 2.06. The van der Waals surface area contributed by atoms with E-state index >= 15 is 0 Å². The number of amides is 1. The van der Waals surface area contributed by atoms with Gasteiger partial charge in [-0.05, 0) is 24.9 Å². The summed E-state index contributed by atoms with van der Waals surface area (Å²) in [6.45, 7) is 2.34. The largest absolute Gasteiger partial charge is 0.465 e. The SMILES string of the molecule is COC(=O)c1cc(NC(=O)CCC(C)CN)c(F)cc1F. The summed E-state index contributed by atoms with van der Waals surface area (Å²) in [5, 5.41) is 2.31. The van der Waals surface area contributed by atoms with E-state index in [1.807, 2.05) is 6.92 Å². The van der Waals surface area contributed by atoms with Crippen molar-refractivity contribution in [3.63, 3.8) is 0 Å². The summed E-state index contributed by atoms with van der Waals surface area (Å²) in [4.78, 5) is 23.0. The first-order chi connectivity index (χ1) is 9.88. The number of nitrogens with two attached hydrogens (primary N) is 1. The van der Waals surface area contributed by atoms with E-state index in [1.54, 1.807) is 0 Å². The van der Waals surface area contributed by atoms with Gasteiger partial charge in [0.2, 0.25) is 5.91 Å². The van der Waals surface area contributed by atoms with Gasteiger partial charge in [-0.3, -0.25) is 4.79 Å². The van der Waals surface area contributed by atoms with Gasteiger partial charge in [-0.2, -0.15) is 0 Å². The Morgan fingerprint density at radius 1 is 1.33 bits per heavy atom. The summed E-state index contributed by atoms with van der Waals surface area (Å²) in [5.74, 6) is -3.22. The summed E-state index contributed by atoms with van der Waals surface area (Å²) in [6, 6.07) is 1.45. The molecule has 7 heteroatoms. The molecule has 0 radical (unpaired) electrons. The fourth-order valence-corrected chi connectivity index (χ4v) is 1.62. The molecule has 0 bridgehead atoms. The molecule has 0 heterocycles. The van der Waals surface area contributed by atoms with Gasteiger partial charge in [0.25, 0.3) is 0 Å². The molecule has 0 spiro atoms. The Morgan fingerprint density at radius 2 is 2.00 bits per heavy atom. The van der Waals surface area contributed by atoms with E-state index < -0.39 is 29.1 Å². The highest BCUT2D eigenvalue weighted by Crippen LogP contribution is 2.20. The minimum absolute atomic E-state index is 0.155. The van der Waals surface area contributed by atoms with E-state index in [2.05, 4.69) is 10.1 Å². The molecule has 0 aliphatic carbocycles. The number of rotatable bonds is 6. The zero-order valence-electron chi connectivity index (χ0n) is 11.9. The van der Waals surface area contributed by atoms with Crippen molar-refractivity contribution in [2.24, 2.45) is 11.7 Å². The molecule has 21 heavy (non-hydrogen) atoms. The third kappa shape index (κ3) is 4.78. The maximum atomic E-state index is 13.6. The Hall–Kier alpha value is -2.02. The van der Waals surface area contributed by atoms with Crippen molar-refractivity contribution < 1.29 is 23.1 Å². The molecule has 0 aromatic heterocycles. The van der Waals surface area contributed by atoms with Crippen LogP contribution in [0.5, 0.6) is 0 Å². The van der Waals surface area contributed by atoms with E-state index in [0.29, 0.717) is 19.0 Å². The Kier molecular flexibility index (Phi) is 6.23. The first-order valence-electron chi connectivity index (χ1n) is 6.46. The van der Waals surface area contributed by atoms with Crippen LogP contribution < -0.4 is 11.1 Å². The summed E-state index contributed by atoms with van der Waals surface area (Å²) in [5.41, 5.74) is 4.73. The molecule has 0 saturated carbocycles. The second-order valence-corrected chi connectivity index (χ2v) is 4.73. The molecule has 1 amide bonds. The summed E-state index contributed by atoms with van der Waals surface area (Å²) >= 11 is 0. The molecule has 1 rings (SSSR count). The average molecular weight is 300 g/mol. The van der Waals surface area contributed by atoms with Gasteiger partial charge in [-0.25, -0.2) is 13.6 Å². The number of carbonyl (C=O) groups excluding carboxylic acids is 2. The molecule has 1 unspecified atom stereocenters. The number of halogens is 2. The van der Waals surface area contributed by atoms with Crippen molar-refractivity contribution in [3.05, 3.63) is 29.3 Å². The van der Waals surface area contributed by atoms with Crippen molar-refractivity contribution in [2.45, 2.75) is 19.8 Å². The van der Waals surface area contributed by atoms with Crippen molar-refractivity contribution in [1.82, 2.24) is 0 Å². The number of benzene rings is 1. The Labute approximate surface area is 121 Å². The molecule has 0 aliphatic heterocycles. The highest BCUT2D eigenvalue weighted by atomic mass is 19.1. The fourth-order valence-electron chi connectivity index (χ4n) is 1.62. The number of hydrogen-bond donors (Lipinski definition) is 2. The van der Waals surface area contributed by atoms with Crippen LogP contribution >= 0.6 is 0 Å². The van der Waals surface area contributed by atoms with Crippen LogP contribution in [0.3, 0.4) is 0 Å². The lowest BCUT2D eigenvalue weighted by molar-refractivity contribution is -0.116. The van der Waals surface area contributed by atoms with Gasteiger partial charge < -0.3 is 15.8 Å². The highest BCUT2D eigenvalue weighted by Gasteiger charge is 2.18. The van der Waals surface area contributed by atoms with Crippen LogP contribution in [-0.4, -0.2) is 25.5 Å². The van der Waals surface area contributed by atoms with Crippen molar-refractivity contribution >= 4 is 17.6 Å². The monoisotopic (exact) mass is 300 g/mol. The highest BCUT2D eigenvalue weighted by molar-refractivity contribution is 5.94. The maximum Gasteiger partial charge on any atom is 0.340 e. The average Bonchev–Trinajstić information content (AvgIpc) is 2.46. The van der Waals surface area contributed by atoms with Crippen LogP contribution in [-0.2, 0) is 9.53 Å². The van der Waals surface area contributed by atoms with Crippen LogP contribution in [0.15, 0.2) is 12.1 Å². The molecule has 1 atom stereocenters. The zero-order chi connectivity index (χ0) is 16.0. The first-order valence-corrected chi connectivity index (χ1v) is 6.46. The minimum Gasteiger partial charge on any atom is -0.465 e. The van der Waals surface area contributed by atoms with Crippen LogP contribution in [0.25, 0.3) is 0 Å². The lowest BCUT2D eigenvalue weighted by atomic mass is 10.1. The standard InChI is InChI=1S/C14H18F2N2O3/c1-8(7-17)3-4-13(19)18-12-5-9(14(20)21-2)10(15)6-11(12)16/h5-6,8H,3-4,7,17H2,1-2H3,(H,18,19). The summed E-state index contributed by atoms with van der Waals surface area (Å²) in [6.07, 6.45) is 0.706. The molecule has 0 saturated heterocycles. The summed E-state index contributed by atoms with van der Waals surface area (Å²) in [7, 11) is 1.08. The second-order valence-electron chi connectivity index (χ2n) is 4.73. The lowest BCUT2D eigenvalue weighted by Gasteiger charge is -2.10. The molecule has 116 valence electrons. The number of hydrogen-bond acceptors (Lipinski definition) is 4. The first kappa shape index (κ1) is 17.0. The Bertz CT molecular complexity index is 535. The van der Waals surface area contributed by atoms with Gasteiger partial charge in [-0.15, -0.1) is 0 Å². The number of methoxy groups -OCH3 is 1. The quantitative estimate of drug-likeness (QED) is 0.788. The Balaban J connectivity index is 2.83. The van der Waals surface area contributed by atoms with Gasteiger partial charge in [-0.1, -0.05) is 6.92 Å². The molecule has 0 aliphatic rings. The van der Waals surface area contributed by atoms with Crippen LogP contribution in [0.2, 0.25) is 0 Å². The molecular weight excluding hydrogens is 282 g/mol. The van der Waals surface area contributed by atoms with Gasteiger partial charge in [0.15, 0.2) is 0 Å². The van der Waals surface area contributed by atoms with E-state index in [-0.39, 0.29) is 18.0 Å². The molecular formula is C14H18F2N2O3. The fraction of sp³-hybridized carbons (Fsp3) is 0.429. The number of carbonyl (C=O) groups is 2. The van der Waals surface area contributed by atoms with Gasteiger partial charge in [0, 0.05) is 12.5 Å². The van der Waals surface area contributed by atoms with Crippen LogP contribution in [0.4, 0.5) is 14.5 Å². The molecule has 1 aromatic rings. The van der Waals surface area contributed by atoms with Gasteiger partial charge in [0.05, 0.1) is 18.4 Å². The minimum atomic E-state index is -1.05. The lowest BCUT2D eigenvalue weighted by Crippen LogP contribution is -2.17. The third-order valence-electron chi connectivity index (χ3n) is 3.00. The molecule has 1 aromatic carbocycles. The van der Waals surface area contributed by atoms with E-state index in [9.17, 15) is 18.4 Å². The molecule has 3 N–H and O–H groups in total. The molecule has 5 nitrogen and oxygen atoms in total.